The number of carbonyl (C=O) groups is 2. The first-order valence-corrected chi connectivity index (χ1v) is 6.46. The Morgan fingerprint density at radius 3 is 2.33 bits per heavy atom. The van der Waals surface area contributed by atoms with Gasteiger partial charge in [0, 0.05) is 0 Å². The summed E-state index contributed by atoms with van der Waals surface area (Å²) >= 11 is 0. The predicted molar refractivity (Wildman–Crippen MR) is 60.5 cm³/mol. The summed E-state index contributed by atoms with van der Waals surface area (Å²) in [6.45, 7) is 0. The van der Waals surface area contributed by atoms with Crippen molar-refractivity contribution in [2.45, 2.75) is 11.2 Å². The zero-order chi connectivity index (χ0) is 16.4. The van der Waals surface area contributed by atoms with Gasteiger partial charge in [0.1, 0.15) is 5.69 Å². The van der Waals surface area contributed by atoms with E-state index in [2.05, 4.69) is 15.5 Å². The fraction of sp³-hybridized carbons (Fsp3) is 0.222. The van der Waals surface area contributed by atoms with Crippen LogP contribution in [0.2, 0.25) is 0 Å². The predicted octanol–water partition coefficient (Wildman–Crippen LogP) is 0.244. The van der Waals surface area contributed by atoms with Gasteiger partial charge in [0.05, 0.1) is 12.7 Å². The van der Waals surface area contributed by atoms with E-state index < -0.39 is 44.5 Å². The van der Waals surface area contributed by atoms with Gasteiger partial charge >= 0.3 is 18.2 Å². The molecule has 21 heavy (non-hydrogen) atoms. The average Bonchev–Trinajstić information content (AvgIpc) is 2.34. The molecule has 116 valence electrons. The summed E-state index contributed by atoms with van der Waals surface area (Å²) in [6.07, 6.45) is -4.95. The third-order valence-corrected chi connectivity index (χ3v) is 3.34. The smallest absolute Gasteiger partial charge is 0.433 e. The second-order valence-electron chi connectivity index (χ2n) is 3.51. The summed E-state index contributed by atoms with van der Waals surface area (Å²) < 4.78 is 66.5. The van der Waals surface area contributed by atoms with Gasteiger partial charge in [-0.05, 0) is 12.1 Å². The van der Waals surface area contributed by atoms with E-state index in [0.29, 0.717) is 12.1 Å². The van der Waals surface area contributed by atoms with Crippen molar-refractivity contribution in [2.75, 3.05) is 7.11 Å². The number of nitrogens with one attached hydrogen (secondary N) is 1. The molecular weight excluding hydrogens is 319 g/mol. The van der Waals surface area contributed by atoms with E-state index in [4.69, 9.17) is 0 Å². The topological polar surface area (TPSA) is 128 Å². The van der Waals surface area contributed by atoms with Crippen LogP contribution in [-0.2, 0) is 20.9 Å². The Morgan fingerprint density at radius 1 is 1.33 bits per heavy atom. The van der Waals surface area contributed by atoms with Crippen LogP contribution >= 0.6 is 0 Å². The second-order valence-corrected chi connectivity index (χ2v) is 5.11. The van der Waals surface area contributed by atoms with Gasteiger partial charge in [0.25, 0.3) is 10.0 Å². The molecule has 12 heteroatoms. The SMILES string of the molecule is COC(=O)c1ccc(C(F)(F)F)nc1S(=O)(=O)NC(N)=O. The fourth-order valence-corrected chi connectivity index (χ4v) is 2.27. The van der Waals surface area contributed by atoms with Crippen LogP contribution < -0.4 is 10.5 Å². The quantitative estimate of drug-likeness (QED) is 0.765. The summed E-state index contributed by atoms with van der Waals surface area (Å²) in [5.74, 6) is -1.25. The minimum Gasteiger partial charge on any atom is -0.465 e. The van der Waals surface area contributed by atoms with Gasteiger partial charge in [-0.25, -0.2) is 19.3 Å². The van der Waals surface area contributed by atoms with Gasteiger partial charge in [0.15, 0.2) is 5.03 Å². The van der Waals surface area contributed by atoms with Crippen molar-refractivity contribution in [1.29, 1.82) is 0 Å². The molecule has 0 saturated carbocycles. The van der Waals surface area contributed by atoms with Crippen LogP contribution in [-0.4, -0.2) is 32.5 Å². The molecule has 0 aliphatic rings. The summed E-state index contributed by atoms with van der Waals surface area (Å²) in [5, 5.41) is -1.32. The van der Waals surface area contributed by atoms with Gasteiger partial charge in [-0.1, -0.05) is 0 Å². The first-order chi connectivity index (χ1) is 9.49. The molecule has 0 bridgehead atoms. The Morgan fingerprint density at radius 2 is 1.90 bits per heavy atom. The normalized spacial score (nSPS) is 11.8. The lowest BCUT2D eigenvalue weighted by Crippen LogP contribution is -2.36. The molecule has 2 amide bonds. The third kappa shape index (κ3) is 3.81. The van der Waals surface area contributed by atoms with Crippen LogP contribution in [0.4, 0.5) is 18.0 Å². The van der Waals surface area contributed by atoms with Crippen LogP contribution in [0.5, 0.6) is 0 Å². The van der Waals surface area contributed by atoms with Crippen molar-refractivity contribution in [2.24, 2.45) is 5.73 Å². The standard InChI is InChI=1S/C9H8F3N3O5S/c1-20-7(16)4-2-3-5(9(10,11)12)14-6(4)21(18,19)15-8(13)17/h2-3H,1H3,(H3,13,15,17). The fourth-order valence-electron chi connectivity index (χ4n) is 1.25. The molecule has 1 aromatic rings. The summed E-state index contributed by atoms with van der Waals surface area (Å²) in [6, 6.07) is -0.586. The molecule has 0 fully saturated rings. The van der Waals surface area contributed by atoms with Crippen molar-refractivity contribution in [1.82, 2.24) is 9.71 Å². The van der Waals surface area contributed by atoms with E-state index in [1.54, 1.807) is 0 Å². The highest BCUT2D eigenvalue weighted by Gasteiger charge is 2.36. The molecule has 3 N–H and O–H groups in total. The molecule has 0 radical (unpaired) electrons. The molecular formula is C9H8F3N3O5S. The number of halogens is 3. The molecule has 0 saturated heterocycles. The number of nitrogens with two attached hydrogens (primary N) is 1. The Balaban J connectivity index is 3.57. The van der Waals surface area contributed by atoms with E-state index in [0.717, 1.165) is 7.11 Å². The molecule has 1 aromatic heterocycles. The van der Waals surface area contributed by atoms with Gasteiger partial charge < -0.3 is 10.5 Å². The first kappa shape index (κ1) is 16.7. The summed E-state index contributed by atoms with van der Waals surface area (Å²) in [5.41, 5.74) is 2.26. The first-order valence-electron chi connectivity index (χ1n) is 4.98. The number of esters is 1. The van der Waals surface area contributed by atoms with Crippen LogP contribution in [0.25, 0.3) is 0 Å². The lowest BCUT2D eigenvalue weighted by Gasteiger charge is -2.11. The Bertz CT molecular complexity index is 686. The number of primary amides is 1. The van der Waals surface area contributed by atoms with E-state index in [-0.39, 0.29) is 0 Å². The number of hydrogen-bond donors (Lipinski definition) is 2. The zero-order valence-electron chi connectivity index (χ0n) is 10.3. The number of urea groups is 1. The van der Waals surface area contributed by atoms with Gasteiger partial charge in [-0.2, -0.15) is 21.6 Å². The van der Waals surface area contributed by atoms with E-state index in [9.17, 15) is 31.2 Å². The van der Waals surface area contributed by atoms with Crippen molar-refractivity contribution >= 4 is 22.0 Å². The largest absolute Gasteiger partial charge is 0.465 e. The lowest BCUT2D eigenvalue weighted by molar-refractivity contribution is -0.141. The molecule has 0 atom stereocenters. The van der Waals surface area contributed by atoms with Gasteiger partial charge in [0.2, 0.25) is 0 Å². The Labute approximate surface area is 116 Å². The molecule has 1 heterocycles. The van der Waals surface area contributed by atoms with Crippen LogP contribution in [0.3, 0.4) is 0 Å². The highest BCUT2D eigenvalue weighted by Crippen LogP contribution is 2.29. The average molecular weight is 327 g/mol. The molecule has 0 aromatic carbocycles. The van der Waals surface area contributed by atoms with Crippen molar-refractivity contribution < 1.29 is 35.9 Å². The number of methoxy groups -OCH3 is 1. The number of pyridine rings is 1. The van der Waals surface area contributed by atoms with E-state index in [1.165, 1.54) is 4.72 Å². The van der Waals surface area contributed by atoms with E-state index >= 15 is 0 Å². The highest BCUT2D eigenvalue weighted by atomic mass is 32.2. The van der Waals surface area contributed by atoms with E-state index in [1.807, 2.05) is 0 Å². The number of nitrogens with zero attached hydrogens (tertiary/aromatic N) is 1. The number of hydrogen-bond acceptors (Lipinski definition) is 6. The van der Waals surface area contributed by atoms with Crippen molar-refractivity contribution in [3.05, 3.63) is 23.4 Å². The summed E-state index contributed by atoms with van der Waals surface area (Å²) in [4.78, 5) is 24.8. The van der Waals surface area contributed by atoms with Crippen LogP contribution in [0.1, 0.15) is 16.1 Å². The minimum absolute atomic E-state index is 0.398. The molecule has 8 nitrogen and oxygen atoms in total. The second kappa shape index (κ2) is 5.55. The molecule has 0 aliphatic carbocycles. The number of sulfonamides is 1. The molecule has 1 rings (SSSR count). The molecule has 0 aliphatic heterocycles. The Hall–Kier alpha value is -2.37. The van der Waals surface area contributed by atoms with Crippen molar-refractivity contribution in [3.8, 4) is 0 Å². The maximum atomic E-state index is 12.5. The third-order valence-electron chi connectivity index (χ3n) is 2.05. The van der Waals surface area contributed by atoms with Crippen molar-refractivity contribution in [3.63, 3.8) is 0 Å². The van der Waals surface area contributed by atoms with Crippen LogP contribution in [0, 0.1) is 0 Å². The zero-order valence-corrected chi connectivity index (χ0v) is 11.1. The van der Waals surface area contributed by atoms with Gasteiger partial charge in [-0.15, -0.1) is 0 Å². The summed E-state index contributed by atoms with van der Waals surface area (Å²) in [7, 11) is -3.98. The number of rotatable bonds is 3. The highest BCUT2D eigenvalue weighted by molar-refractivity contribution is 7.90. The van der Waals surface area contributed by atoms with Gasteiger partial charge in [-0.3, -0.25) is 0 Å². The maximum absolute atomic E-state index is 12.5. The monoisotopic (exact) mass is 327 g/mol. The molecule has 0 spiro atoms. The molecule has 0 unspecified atom stereocenters. The van der Waals surface area contributed by atoms with Crippen LogP contribution in [0.15, 0.2) is 17.2 Å². The number of carbonyl (C=O) groups excluding carboxylic acids is 2. The number of ether oxygens (including phenoxy) is 1. The lowest BCUT2D eigenvalue weighted by atomic mass is 10.2. The number of aromatic nitrogens is 1. The number of amides is 2. The Kier molecular flexibility index (Phi) is 4.41. The number of alkyl halides is 3. The minimum atomic E-state index is -4.95. The maximum Gasteiger partial charge on any atom is 0.433 e.